The number of ether oxygens (including phenoxy) is 2. The Morgan fingerprint density at radius 2 is 1.24 bits per heavy atom. The summed E-state index contributed by atoms with van der Waals surface area (Å²) in [6.07, 6.45) is 3.04. The van der Waals surface area contributed by atoms with Crippen molar-refractivity contribution in [2.75, 3.05) is 13.2 Å². The normalized spacial score (nSPS) is 11.9. The molecule has 1 aliphatic carbocycles. The first kappa shape index (κ1) is 14.0. The molecule has 0 heterocycles. The Hall–Kier alpha value is -1.96. The summed E-state index contributed by atoms with van der Waals surface area (Å²) in [7, 11) is 0. The van der Waals surface area contributed by atoms with Crippen molar-refractivity contribution in [2.24, 2.45) is 0 Å². The summed E-state index contributed by atoms with van der Waals surface area (Å²) in [5.41, 5.74) is 5.37. The van der Waals surface area contributed by atoms with Crippen LogP contribution in [0.3, 0.4) is 0 Å². The van der Waals surface area contributed by atoms with Crippen molar-refractivity contribution < 1.29 is 9.47 Å². The summed E-state index contributed by atoms with van der Waals surface area (Å²) in [6.45, 7) is 5.81. The van der Waals surface area contributed by atoms with E-state index < -0.39 is 0 Å². The van der Waals surface area contributed by atoms with Crippen molar-refractivity contribution in [3.63, 3.8) is 0 Å². The Kier molecular flexibility index (Phi) is 4.14. The summed E-state index contributed by atoms with van der Waals surface area (Å²) < 4.78 is 11.5. The van der Waals surface area contributed by atoms with Gasteiger partial charge in [0.1, 0.15) is 11.5 Å². The fraction of sp³-hybridized carbons (Fsp3) is 0.368. The van der Waals surface area contributed by atoms with Crippen LogP contribution in [0, 0.1) is 0 Å². The van der Waals surface area contributed by atoms with E-state index in [9.17, 15) is 0 Å². The standard InChI is InChI=1S/C19H22O2/c1-3-9-20-16-5-7-18-14(12-16)11-15-13-17(21-10-4-2)6-8-19(15)18/h5-8,12-13H,3-4,9-11H2,1-2H3. The first-order chi connectivity index (χ1) is 10.3. The van der Waals surface area contributed by atoms with Crippen molar-refractivity contribution in [2.45, 2.75) is 33.1 Å². The molecule has 0 bridgehead atoms. The third-order valence-corrected chi connectivity index (χ3v) is 3.77. The van der Waals surface area contributed by atoms with E-state index in [4.69, 9.17) is 9.47 Å². The number of rotatable bonds is 6. The summed E-state index contributed by atoms with van der Waals surface area (Å²) in [4.78, 5) is 0. The molecule has 0 spiro atoms. The van der Waals surface area contributed by atoms with Crippen molar-refractivity contribution in [1.82, 2.24) is 0 Å². The minimum atomic E-state index is 0.779. The van der Waals surface area contributed by atoms with E-state index in [-0.39, 0.29) is 0 Å². The van der Waals surface area contributed by atoms with Gasteiger partial charge in [-0.05, 0) is 65.8 Å². The maximum atomic E-state index is 5.73. The highest BCUT2D eigenvalue weighted by Crippen LogP contribution is 2.39. The highest BCUT2D eigenvalue weighted by molar-refractivity contribution is 5.78. The Labute approximate surface area is 126 Å². The van der Waals surface area contributed by atoms with E-state index in [1.807, 2.05) is 0 Å². The topological polar surface area (TPSA) is 18.5 Å². The predicted octanol–water partition coefficient (Wildman–Crippen LogP) is 4.84. The molecule has 0 aromatic heterocycles. The second-order valence-electron chi connectivity index (χ2n) is 5.51. The molecule has 0 amide bonds. The Morgan fingerprint density at radius 1 is 0.762 bits per heavy atom. The largest absolute Gasteiger partial charge is 0.494 e. The average Bonchev–Trinajstić information content (AvgIpc) is 2.87. The van der Waals surface area contributed by atoms with Crippen LogP contribution in [0.2, 0.25) is 0 Å². The van der Waals surface area contributed by atoms with Crippen LogP contribution < -0.4 is 9.47 Å². The highest BCUT2D eigenvalue weighted by atomic mass is 16.5. The minimum Gasteiger partial charge on any atom is -0.494 e. The number of hydrogen-bond donors (Lipinski definition) is 0. The summed E-state index contributed by atoms with van der Waals surface area (Å²) >= 11 is 0. The van der Waals surface area contributed by atoms with Crippen LogP contribution in [0.5, 0.6) is 11.5 Å². The van der Waals surface area contributed by atoms with Gasteiger partial charge in [0.05, 0.1) is 13.2 Å². The molecule has 1 aliphatic rings. The quantitative estimate of drug-likeness (QED) is 0.644. The lowest BCUT2D eigenvalue weighted by Crippen LogP contribution is -1.95. The molecule has 0 aliphatic heterocycles. The SMILES string of the molecule is CCCOc1ccc2c(c1)Cc1cc(OCCC)ccc1-2. The monoisotopic (exact) mass is 282 g/mol. The van der Waals surface area contributed by atoms with Crippen LogP contribution in [0.15, 0.2) is 36.4 Å². The number of hydrogen-bond acceptors (Lipinski definition) is 2. The Balaban J connectivity index is 1.83. The van der Waals surface area contributed by atoms with E-state index in [2.05, 4.69) is 50.2 Å². The van der Waals surface area contributed by atoms with Crippen LogP contribution in [-0.4, -0.2) is 13.2 Å². The van der Waals surface area contributed by atoms with Crippen molar-refractivity contribution >= 4 is 0 Å². The molecule has 0 N–H and O–H groups in total. The molecule has 21 heavy (non-hydrogen) atoms. The van der Waals surface area contributed by atoms with Gasteiger partial charge in [-0.15, -0.1) is 0 Å². The lowest BCUT2D eigenvalue weighted by molar-refractivity contribution is 0.317. The van der Waals surface area contributed by atoms with E-state index in [1.165, 1.54) is 22.3 Å². The molecule has 0 radical (unpaired) electrons. The van der Waals surface area contributed by atoms with Gasteiger partial charge in [0.25, 0.3) is 0 Å². The van der Waals surface area contributed by atoms with Gasteiger partial charge in [-0.1, -0.05) is 26.0 Å². The molecule has 2 heteroatoms. The zero-order valence-electron chi connectivity index (χ0n) is 12.8. The van der Waals surface area contributed by atoms with Gasteiger partial charge in [-0.2, -0.15) is 0 Å². The van der Waals surface area contributed by atoms with Crippen LogP contribution in [-0.2, 0) is 6.42 Å². The fourth-order valence-electron chi connectivity index (χ4n) is 2.78. The van der Waals surface area contributed by atoms with E-state index in [0.717, 1.165) is 44.0 Å². The maximum absolute atomic E-state index is 5.73. The Morgan fingerprint density at radius 3 is 1.67 bits per heavy atom. The zero-order chi connectivity index (χ0) is 14.7. The van der Waals surface area contributed by atoms with Gasteiger partial charge in [0.2, 0.25) is 0 Å². The average molecular weight is 282 g/mol. The van der Waals surface area contributed by atoms with E-state index in [1.54, 1.807) is 0 Å². The molecule has 0 saturated heterocycles. The molecule has 0 saturated carbocycles. The van der Waals surface area contributed by atoms with Crippen LogP contribution in [0.1, 0.15) is 37.8 Å². The Bertz CT molecular complexity index is 576. The predicted molar refractivity (Wildman–Crippen MR) is 86.3 cm³/mol. The molecule has 110 valence electrons. The summed E-state index contributed by atoms with van der Waals surface area (Å²) in [5.74, 6) is 1.96. The third kappa shape index (κ3) is 2.90. The van der Waals surface area contributed by atoms with Gasteiger partial charge in [0.15, 0.2) is 0 Å². The molecule has 2 aromatic rings. The summed E-state index contributed by atoms with van der Waals surface area (Å²) in [5, 5.41) is 0. The van der Waals surface area contributed by atoms with Crippen LogP contribution in [0.4, 0.5) is 0 Å². The van der Waals surface area contributed by atoms with Gasteiger partial charge >= 0.3 is 0 Å². The first-order valence-electron chi connectivity index (χ1n) is 7.83. The molecule has 0 fully saturated rings. The molecular formula is C19H22O2. The molecule has 3 rings (SSSR count). The second kappa shape index (κ2) is 6.21. The number of benzene rings is 2. The van der Waals surface area contributed by atoms with Gasteiger partial charge in [0, 0.05) is 0 Å². The second-order valence-corrected chi connectivity index (χ2v) is 5.51. The summed E-state index contributed by atoms with van der Waals surface area (Å²) in [6, 6.07) is 12.9. The molecule has 2 aromatic carbocycles. The smallest absolute Gasteiger partial charge is 0.119 e. The van der Waals surface area contributed by atoms with Crippen molar-refractivity contribution in [3.8, 4) is 22.6 Å². The molecule has 0 unspecified atom stereocenters. The fourth-order valence-corrected chi connectivity index (χ4v) is 2.78. The van der Waals surface area contributed by atoms with Gasteiger partial charge in [-0.3, -0.25) is 0 Å². The molecule has 0 atom stereocenters. The van der Waals surface area contributed by atoms with Gasteiger partial charge in [-0.25, -0.2) is 0 Å². The maximum Gasteiger partial charge on any atom is 0.119 e. The highest BCUT2D eigenvalue weighted by Gasteiger charge is 2.19. The lowest BCUT2D eigenvalue weighted by Gasteiger charge is -2.07. The zero-order valence-corrected chi connectivity index (χ0v) is 12.8. The number of fused-ring (bicyclic) bond motifs is 3. The van der Waals surface area contributed by atoms with Gasteiger partial charge < -0.3 is 9.47 Å². The van der Waals surface area contributed by atoms with Crippen molar-refractivity contribution in [1.29, 1.82) is 0 Å². The van der Waals surface area contributed by atoms with Crippen molar-refractivity contribution in [3.05, 3.63) is 47.5 Å². The third-order valence-electron chi connectivity index (χ3n) is 3.77. The lowest BCUT2D eigenvalue weighted by atomic mass is 10.1. The molecular weight excluding hydrogens is 260 g/mol. The van der Waals surface area contributed by atoms with Crippen LogP contribution in [0.25, 0.3) is 11.1 Å². The minimum absolute atomic E-state index is 0.779. The first-order valence-corrected chi connectivity index (χ1v) is 7.83. The van der Waals surface area contributed by atoms with E-state index >= 15 is 0 Å². The molecule has 2 nitrogen and oxygen atoms in total. The van der Waals surface area contributed by atoms with E-state index in [0.29, 0.717) is 0 Å². The van der Waals surface area contributed by atoms with Crippen LogP contribution >= 0.6 is 0 Å².